The molecule has 7 heteroatoms. The van der Waals surface area contributed by atoms with Crippen molar-refractivity contribution in [3.05, 3.63) is 0 Å². The lowest BCUT2D eigenvalue weighted by Gasteiger charge is -2.36. The SMILES string of the molecule is COC(=O)N[C@H]1CC[C@H]2CC[C@@H](C(=O)O)N2C1=O. The Kier molecular flexibility index (Phi) is 3.40. The van der Waals surface area contributed by atoms with Gasteiger partial charge in [-0.1, -0.05) is 0 Å². The Bertz CT molecular complexity index is 384. The highest BCUT2D eigenvalue weighted by molar-refractivity contribution is 5.90. The van der Waals surface area contributed by atoms with Gasteiger partial charge in [0, 0.05) is 6.04 Å². The number of carboxylic acid groups (broad SMARTS) is 1. The molecule has 2 rings (SSSR count). The van der Waals surface area contributed by atoms with Gasteiger partial charge in [0.1, 0.15) is 12.1 Å². The molecule has 2 fully saturated rings. The maximum absolute atomic E-state index is 12.2. The molecule has 2 N–H and O–H groups in total. The Morgan fingerprint density at radius 3 is 2.61 bits per heavy atom. The van der Waals surface area contributed by atoms with Gasteiger partial charge < -0.3 is 20.1 Å². The minimum atomic E-state index is -0.982. The maximum atomic E-state index is 12.2. The normalized spacial score (nSPS) is 30.8. The van der Waals surface area contributed by atoms with Gasteiger partial charge in [-0.05, 0) is 25.7 Å². The van der Waals surface area contributed by atoms with Crippen LogP contribution < -0.4 is 5.32 Å². The van der Waals surface area contributed by atoms with Crippen molar-refractivity contribution in [1.82, 2.24) is 10.2 Å². The highest BCUT2D eigenvalue weighted by Crippen LogP contribution is 2.32. The van der Waals surface area contributed by atoms with Gasteiger partial charge in [-0.2, -0.15) is 0 Å². The molecular weight excluding hydrogens is 240 g/mol. The van der Waals surface area contributed by atoms with E-state index in [1.54, 1.807) is 0 Å². The first kappa shape index (κ1) is 12.7. The summed E-state index contributed by atoms with van der Waals surface area (Å²) < 4.78 is 4.45. The molecule has 7 nitrogen and oxygen atoms in total. The van der Waals surface area contributed by atoms with Gasteiger partial charge in [-0.25, -0.2) is 9.59 Å². The van der Waals surface area contributed by atoms with Crippen LogP contribution in [0.25, 0.3) is 0 Å². The second-order valence-corrected chi connectivity index (χ2v) is 4.60. The fraction of sp³-hybridized carbons (Fsp3) is 0.727. The van der Waals surface area contributed by atoms with E-state index in [2.05, 4.69) is 10.1 Å². The Morgan fingerprint density at radius 2 is 2.00 bits per heavy atom. The number of carbonyl (C=O) groups is 3. The molecule has 2 heterocycles. The molecule has 2 aliphatic rings. The first-order valence-corrected chi connectivity index (χ1v) is 5.94. The molecule has 0 aromatic carbocycles. The number of piperidine rings is 1. The van der Waals surface area contributed by atoms with Crippen molar-refractivity contribution in [2.24, 2.45) is 0 Å². The van der Waals surface area contributed by atoms with Crippen LogP contribution in [0.1, 0.15) is 25.7 Å². The van der Waals surface area contributed by atoms with Gasteiger partial charge in [0.25, 0.3) is 0 Å². The van der Waals surface area contributed by atoms with Crippen molar-refractivity contribution in [2.45, 2.75) is 43.8 Å². The molecular formula is C11H16N2O5. The van der Waals surface area contributed by atoms with Gasteiger partial charge >= 0.3 is 12.1 Å². The first-order chi connectivity index (χ1) is 8.54. The highest BCUT2D eigenvalue weighted by atomic mass is 16.5. The average molecular weight is 256 g/mol. The van der Waals surface area contributed by atoms with Gasteiger partial charge in [0.05, 0.1) is 7.11 Å². The fourth-order valence-electron chi connectivity index (χ4n) is 2.74. The number of hydrogen-bond acceptors (Lipinski definition) is 4. The number of amides is 2. The topological polar surface area (TPSA) is 95.9 Å². The standard InChI is InChI=1S/C11H16N2O5/c1-18-11(17)12-7-4-2-6-3-5-8(10(15)16)13(6)9(7)14/h6-8H,2-5H2,1H3,(H,12,17)(H,15,16)/t6-,7-,8-/m0/s1. The van der Waals surface area contributed by atoms with Crippen LogP contribution in [0.2, 0.25) is 0 Å². The molecule has 0 aromatic heterocycles. The zero-order chi connectivity index (χ0) is 13.3. The molecule has 0 spiro atoms. The second kappa shape index (κ2) is 4.83. The predicted octanol–water partition coefficient (Wildman–Crippen LogP) is -0.0510. The summed E-state index contributed by atoms with van der Waals surface area (Å²) in [6, 6.07) is -1.44. The minimum absolute atomic E-state index is 0.00528. The summed E-state index contributed by atoms with van der Waals surface area (Å²) >= 11 is 0. The molecule has 0 saturated carbocycles. The highest BCUT2D eigenvalue weighted by Gasteiger charge is 2.46. The molecule has 3 atom stereocenters. The number of carbonyl (C=O) groups excluding carboxylic acids is 2. The van der Waals surface area contributed by atoms with Crippen molar-refractivity contribution in [3.8, 4) is 0 Å². The molecule has 0 bridgehead atoms. The van der Waals surface area contributed by atoms with Crippen LogP contribution in [0.4, 0.5) is 4.79 Å². The third-order valence-electron chi connectivity index (χ3n) is 3.61. The smallest absolute Gasteiger partial charge is 0.407 e. The second-order valence-electron chi connectivity index (χ2n) is 4.60. The summed E-state index contributed by atoms with van der Waals surface area (Å²) in [6.07, 6.45) is 1.77. The molecule has 2 aliphatic heterocycles. The van der Waals surface area contributed by atoms with Gasteiger partial charge in [-0.15, -0.1) is 0 Å². The average Bonchev–Trinajstić information content (AvgIpc) is 2.77. The van der Waals surface area contributed by atoms with Crippen LogP contribution in [-0.4, -0.2) is 53.2 Å². The lowest BCUT2D eigenvalue weighted by molar-refractivity contribution is -0.152. The predicted molar refractivity (Wildman–Crippen MR) is 59.9 cm³/mol. The number of aliphatic carboxylic acids is 1. The van der Waals surface area contributed by atoms with E-state index >= 15 is 0 Å². The van der Waals surface area contributed by atoms with E-state index in [1.807, 2.05) is 0 Å². The van der Waals surface area contributed by atoms with Crippen molar-refractivity contribution in [1.29, 1.82) is 0 Å². The Labute approximate surface area is 104 Å². The fourth-order valence-corrected chi connectivity index (χ4v) is 2.74. The van der Waals surface area contributed by atoms with Gasteiger partial charge in [0.15, 0.2) is 0 Å². The summed E-state index contributed by atoms with van der Waals surface area (Å²) in [5.41, 5.74) is 0. The Hall–Kier alpha value is -1.79. The number of carboxylic acids is 1. The monoisotopic (exact) mass is 256 g/mol. The summed E-state index contributed by atoms with van der Waals surface area (Å²) in [4.78, 5) is 35.8. The van der Waals surface area contributed by atoms with E-state index in [-0.39, 0.29) is 11.9 Å². The minimum Gasteiger partial charge on any atom is -0.480 e. The molecule has 0 radical (unpaired) electrons. The van der Waals surface area contributed by atoms with Crippen LogP contribution in [0.3, 0.4) is 0 Å². The summed E-state index contributed by atoms with van der Waals surface area (Å²) in [6.45, 7) is 0. The molecule has 0 unspecified atom stereocenters. The number of alkyl carbamates (subject to hydrolysis) is 1. The first-order valence-electron chi connectivity index (χ1n) is 5.94. The number of rotatable bonds is 2. The van der Waals surface area contributed by atoms with E-state index in [9.17, 15) is 14.4 Å². The van der Waals surface area contributed by atoms with Crippen LogP contribution in [0.5, 0.6) is 0 Å². The van der Waals surface area contributed by atoms with E-state index in [4.69, 9.17) is 5.11 Å². The summed E-state index contributed by atoms with van der Waals surface area (Å²) in [5, 5.41) is 11.5. The lowest BCUT2D eigenvalue weighted by Crippen LogP contribution is -2.57. The van der Waals surface area contributed by atoms with Crippen molar-refractivity contribution in [3.63, 3.8) is 0 Å². The molecule has 2 saturated heterocycles. The number of nitrogens with one attached hydrogen (secondary N) is 1. The van der Waals surface area contributed by atoms with Crippen molar-refractivity contribution in [2.75, 3.05) is 7.11 Å². The van der Waals surface area contributed by atoms with E-state index in [0.29, 0.717) is 25.7 Å². The van der Waals surface area contributed by atoms with E-state index < -0.39 is 24.1 Å². The Morgan fingerprint density at radius 1 is 1.33 bits per heavy atom. The van der Waals surface area contributed by atoms with E-state index in [0.717, 1.165) is 0 Å². The zero-order valence-corrected chi connectivity index (χ0v) is 10.1. The number of nitrogens with zero attached hydrogens (tertiary/aromatic N) is 1. The van der Waals surface area contributed by atoms with Gasteiger partial charge in [0.2, 0.25) is 5.91 Å². The molecule has 18 heavy (non-hydrogen) atoms. The molecule has 100 valence electrons. The quantitative estimate of drug-likeness (QED) is 0.722. The number of hydrogen-bond donors (Lipinski definition) is 2. The maximum Gasteiger partial charge on any atom is 0.407 e. The van der Waals surface area contributed by atoms with Crippen molar-refractivity contribution >= 4 is 18.0 Å². The number of ether oxygens (including phenoxy) is 1. The molecule has 0 aromatic rings. The van der Waals surface area contributed by atoms with Crippen LogP contribution in [0.15, 0.2) is 0 Å². The van der Waals surface area contributed by atoms with Crippen LogP contribution in [-0.2, 0) is 14.3 Å². The van der Waals surface area contributed by atoms with Crippen LogP contribution in [0, 0.1) is 0 Å². The number of fused-ring (bicyclic) bond motifs is 1. The Balaban J connectivity index is 2.09. The van der Waals surface area contributed by atoms with Crippen LogP contribution >= 0.6 is 0 Å². The molecule has 2 amide bonds. The van der Waals surface area contributed by atoms with Crippen molar-refractivity contribution < 1.29 is 24.2 Å². The van der Waals surface area contributed by atoms with Gasteiger partial charge in [-0.3, -0.25) is 4.79 Å². The summed E-state index contributed by atoms with van der Waals surface area (Å²) in [5.74, 6) is -1.30. The lowest BCUT2D eigenvalue weighted by atomic mass is 9.98. The summed E-state index contributed by atoms with van der Waals surface area (Å²) in [7, 11) is 1.22. The third-order valence-corrected chi connectivity index (χ3v) is 3.61. The molecule has 0 aliphatic carbocycles. The largest absolute Gasteiger partial charge is 0.480 e. The third kappa shape index (κ3) is 2.12. The van der Waals surface area contributed by atoms with E-state index in [1.165, 1.54) is 12.0 Å². The number of methoxy groups -OCH3 is 1. The zero-order valence-electron chi connectivity index (χ0n) is 10.1.